The van der Waals surface area contributed by atoms with Crippen molar-refractivity contribution in [2.45, 2.75) is 71.1 Å². The topological polar surface area (TPSA) is 68.2 Å². The summed E-state index contributed by atoms with van der Waals surface area (Å²) in [6.45, 7) is 10.5. The van der Waals surface area contributed by atoms with E-state index < -0.39 is 8.07 Å². The Morgan fingerprint density at radius 3 is 2.56 bits per heavy atom. The Hall–Kier alpha value is -1.98. The van der Waals surface area contributed by atoms with Gasteiger partial charge in [-0.05, 0) is 90.6 Å². The maximum atomic E-state index is 13.3. The van der Waals surface area contributed by atoms with E-state index in [0.717, 1.165) is 51.8 Å². The van der Waals surface area contributed by atoms with E-state index in [0.29, 0.717) is 24.0 Å². The molecule has 2 aromatic heterocycles. The number of nitrogens with one attached hydrogen (secondary N) is 2. The largest absolute Gasteiger partial charge is 0.381 e. The number of pyridine rings is 1. The summed E-state index contributed by atoms with van der Waals surface area (Å²) in [4.78, 5) is 18.0. The average molecular weight is 623 g/mol. The lowest BCUT2D eigenvalue weighted by atomic mass is 9.87. The number of fused-ring (bicyclic) bond motifs is 1. The van der Waals surface area contributed by atoms with Crippen LogP contribution in [0.2, 0.25) is 25.7 Å². The minimum Gasteiger partial charge on any atom is -0.381 e. The molecule has 3 aromatic rings. The van der Waals surface area contributed by atoms with Crippen LogP contribution in [0.1, 0.15) is 43.0 Å². The Morgan fingerprint density at radius 2 is 1.89 bits per heavy atom. The third-order valence-electron chi connectivity index (χ3n) is 6.80. The number of aromatic nitrogens is 2. The second-order valence-electron chi connectivity index (χ2n) is 11.1. The maximum Gasteiger partial charge on any atom is 0.259 e. The second-order valence-corrected chi connectivity index (χ2v) is 17.8. The normalized spacial score (nSPS) is 18.4. The fourth-order valence-corrected chi connectivity index (χ4v) is 5.93. The first-order valence-electron chi connectivity index (χ1n) is 12.7. The summed E-state index contributed by atoms with van der Waals surface area (Å²) in [5.41, 5.74) is 2.64. The molecule has 36 heavy (non-hydrogen) atoms. The zero-order valence-corrected chi connectivity index (χ0v) is 24.7. The summed E-state index contributed by atoms with van der Waals surface area (Å²) in [6.07, 6.45) is 6.13. The van der Waals surface area contributed by atoms with Gasteiger partial charge in [-0.25, -0.2) is 9.37 Å². The van der Waals surface area contributed by atoms with E-state index in [1.165, 1.54) is 25.0 Å². The minimum absolute atomic E-state index is 0.267. The average Bonchev–Trinajstić information content (AvgIpc) is 3.14. The van der Waals surface area contributed by atoms with Gasteiger partial charge in [-0.2, -0.15) is 0 Å². The molecule has 0 radical (unpaired) electrons. The summed E-state index contributed by atoms with van der Waals surface area (Å²) in [6, 6.07) is 9.29. The zero-order chi connectivity index (χ0) is 25.9. The number of benzene rings is 1. The number of carbonyl (C=O) groups is 1. The molecule has 0 bridgehead atoms. The van der Waals surface area contributed by atoms with Gasteiger partial charge in [0, 0.05) is 38.0 Å². The van der Waals surface area contributed by atoms with Gasteiger partial charge in [0.1, 0.15) is 18.2 Å². The van der Waals surface area contributed by atoms with Crippen molar-refractivity contribution < 1.29 is 13.9 Å². The summed E-state index contributed by atoms with van der Waals surface area (Å²) in [5, 5.41) is 7.52. The van der Waals surface area contributed by atoms with Crippen LogP contribution in [0, 0.1) is 15.4 Å². The van der Waals surface area contributed by atoms with E-state index in [1.807, 2.05) is 0 Å². The summed E-state index contributed by atoms with van der Waals surface area (Å²) in [7, 11) is -1.17. The maximum absolute atomic E-state index is 13.3. The van der Waals surface area contributed by atoms with Crippen molar-refractivity contribution in [1.82, 2.24) is 9.55 Å². The molecule has 2 N–H and O–H groups in total. The first-order chi connectivity index (χ1) is 17.1. The lowest BCUT2D eigenvalue weighted by molar-refractivity contribution is 0.0883. The number of nitrogens with zero attached hydrogens (tertiary/aromatic N) is 2. The minimum atomic E-state index is -1.17. The lowest BCUT2D eigenvalue weighted by Crippen LogP contribution is -2.27. The van der Waals surface area contributed by atoms with E-state index in [1.54, 1.807) is 18.3 Å². The highest BCUT2D eigenvalue weighted by molar-refractivity contribution is 14.1. The number of halogens is 2. The van der Waals surface area contributed by atoms with E-state index >= 15 is 0 Å². The molecule has 194 valence electrons. The van der Waals surface area contributed by atoms with E-state index in [4.69, 9.17) is 9.72 Å². The highest BCUT2D eigenvalue weighted by Crippen LogP contribution is 2.34. The van der Waals surface area contributed by atoms with Gasteiger partial charge < -0.3 is 15.4 Å². The molecule has 1 saturated carbocycles. The van der Waals surface area contributed by atoms with Gasteiger partial charge in [0.25, 0.3) is 5.91 Å². The lowest BCUT2D eigenvalue weighted by Gasteiger charge is -2.28. The van der Waals surface area contributed by atoms with Crippen molar-refractivity contribution in [3.63, 3.8) is 0 Å². The van der Waals surface area contributed by atoms with Crippen LogP contribution in [0.15, 0.2) is 36.5 Å². The van der Waals surface area contributed by atoms with Crippen molar-refractivity contribution in [2.24, 2.45) is 5.92 Å². The van der Waals surface area contributed by atoms with E-state index in [2.05, 4.69) is 70.4 Å². The van der Waals surface area contributed by atoms with Crippen molar-refractivity contribution in [2.75, 3.05) is 17.2 Å². The van der Waals surface area contributed by atoms with Gasteiger partial charge in [0.15, 0.2) is 0 Å². The fraction of sp³-hybridized carbons (Fsp3) is 0.481. The van der Waals surface area contributed by atoms with Crippen LogP contribution in [-0.4, -0.2) is 36.2 Å². The quantitative estimate of drug-likeness (QED) is 0.149. The van der Waals surface area contributed by atoms with Crippen LogP contribution in [0.3, 0.4) is 0 Å². The molecule has 9 heteroatoms. The Morgan fingerprint density at radius 1 is 1.19 bits per heavy atom. The number of amides is 1. The molecule has 0 atom stereocenters. The Balaban J connectivity index is 1.64. The highest BCUT2D eigenvalue weighted by Gasteiger charge is 2.24. The van der Waals surface area contributed by atoms with Gasteiger partial charge in [-0.1, -0.05) is 26.6 Å². The van der Waals surface area contributed by atoms with Gasteiger partial charge in [-0.15, -0.1) is 0 Å². The number of hydrogen-bond acceptors (Lipinski definition) is 4. The van der Waals surface area contributed by atoms with Crippen molar-refractivity contribution in [1.29, 1.82) is 0 Å². The second kappa shape index (κ2) is 11.6. The summed E-state index contributed by atoms with van der Waals surface area (Å²) >= 11 is 2.31. The van der Waals surface area contributed by atoms with Crippen molar-refractivity contribution >= 4 is 59.0 Å². The number of carbonyl (C=O) groups excluding carboxylic acids is 1. The highest BCUT2D eigenvalue weighted by atomic mass is 127. The predicted octanol–water partition coefficient (Wildman–Crippen LogP) is 7.34. The standard InChI is InChI=1S/C27H36FIN4O2Si/c1-18-5-9-20(10-6-18)31-25-22-15-24(29)33(17-35-13-14-36(2,3)4)26(22)30-16-23(25)27(34)32-21-11-7-19(28)8-12-21/h7-8,11-12,15-16,18,20H,5-6,9-10,13-14,17H2,1-4H3,(H,30,31)(H,32,34). The van der Waals surface area contributed by atoms with Crippen LogP contribution in [0.5, 0.6) is 0 Å². The SMILES string of the molecule is CC1CCC(Nc2c(C(=O)Nc3ccc(F)cc3)cnc3c2cc(I)n3COCC[Si](C)(C)C)CC1. The summed E-state index contributed by atoms with van der Waals surface area (Å²) < 4.78 is 22.5. The predicted molar refractivity (Wildman–Crippen MR) is 156 cm³/mol. The van der Waals surface area contributed by atoms with Crippen LogP contribution >= 0.6 is 22.6 Å². The molecular formula is C27H36FIN4O2Si. The third-order valence-corrected chi connectivity index (χ3v) is 9.40. The van der Waals surface area contributed by atoms with Crippen LogP contribution in [-0.2, 0) is 11.5 Å². The third kappa shape index (κ3) is 6.86. The molecule has 0 saturated heterocycles. The van der Waals surface area contributed by atoms with Gasteiger partial charge >= 0.3 is 0 Å². The number of rotatable bonds is 9. The molecule has 1 aromatic carbocycles. The molecule has 2 heterocycles. The molecular weight excluding hydrogens is 586 g/mol. The number of anilines is 2. The molecule has 1 aliphatic rings. The Bertz CT molecular complexity index is 1200. The van der Waals surface area contributed by atoms with Crippen LogP contribution in [0.4, 0.5) is 15.8 Å². The molecule has 1 amide bonds. The molecule has 0 aliphatic heterocycles. The summed E-state index contributed by atoms with van der Waals surface area (Å²) in [5.74, 6) is 0.127. The van der Waals surface area contributed by atoms with Crippen LogP contribution < -0.4 is 10.6 Å². The van der Waals surface area contributed by atoms with Gasteiger partial charge in [0.2, 0.25) is 0 Å². The van der Waals surface area contributed by atoms with Crippen molar-refractivity contribution in [3.05, 3.63) is 51.6 Å². The molecule has 4 rings (SSSR count). The monoisotopic (exact) mass is 622 g/mol. The first-order valence-corrected chi connectivity index (χ1v) is 17.5. The van der Waals surface area contributed by atoms with Crippen molar-refractivity contribution in [3.8, 4) is 0 Å². The fourth-order valence-electron chi connectivity index (χ4n) is 4.49. The first kappa shape index (κ1) is 27.1. The number of hydrogen-bond donors (Lipinski definition) is 2. The smallest absolute Gasteiger partial charge is 0.259 e. The Kier molecular flexibility index (Phi) is 8.72. The van der Waals surface area contributed by atoms with E-state index in [-0.39, 0.29) is 11.7 Å². The number of ether oxygens (including phenoxy) is 1. The van der Waals surface area contributed by atoms with Crippen LogP contribution in [0.25, 0.3) is 11.0 Å². The molecule has 1 aliphatic carbocycles. The zero-order valence-electron chi connectivity index (χ0n) is 21.5. The molecule has 1 fully saturated rings. The van der Waals surface area contributed by atoms with Gasteiger partial charge in [-0.3, -0.25) is 9.36 Å². The van der Waals surface area contributed by atoms with E-state index in [9.17, 15) is 9.18 Å². The Labute approximate surface area is 227 Å². The molecule has 6 nitrogen and oxygen atoms in total. The molecule has 0 spiro atoms. The molecule has 0 unspecified atom stereocenters. The van der Waals surface area contributed by atoms with Gasteiger partial charge in [0.05, 0.1) is 15.0 Å².